The predicted octanol–water partition coefficient (Wildman–Crippen LogP) is 7.17. The molecule has 5 aromatic rings. The van der Waals surface area contributed by atoms with Crippen LogP contribution in [0.1, 0.15) is 20.9 Å². The highest BCUT2D eigenvalue weighted by Crippen LogP contribution is 2.48. The molecule has 0 aliphatic carbocycles. The average Bonchev–Trinajstić information content (AvgIpc) is 3.68. The lowest BCUT2D eigenvalue weighted by atomic mass is 10.1. The molecule has 0 atom stereocenters. The lowest BCUT2D eigenvalue weighted by Crippen LogP contribution is -1.99. The maximum atomic E-state index is 11.7. The van der Waals surface area contributed by atoms with Crippen molar-refractivity contribution in [1.29, 1.82) is 0 Å². The number of carboxylic acids is 4. The topological polar surface area (TPSA) is 149 Å². The van der Waals surface area contributed by atoms with E-state index in [4.69, 9.17) is 10.2 Å². The van der Waals surface area contributed by atoms with Crippen LogP contribution in [-0.2, 0) is 44.9 Å². The van der Waals surface area contributed by atoms with Crippen molar-refractivity contribution in [3.05, 3.63) is 69.4 Å². The highest BCUT2D eigenvalue weighted by molar-refractivity contribution is 7.30. The fourth-order valence-electron chi connectivity index (χ4n) is 4.20. The number of hydrogen-bond acceptors (Lipinski definition) is 9. The van der Waals surface area contributed by atoms with Gasteiger partial charge in [-0.2, -0.15) is 0 Å². The van der Waals surface area contributed by atoms with Crippen molar-refractivity contribution in [1.82, 2.24) is 0 Å². The Kier molecular flexibility index (Phi) is 8.52. The summed E-state index contributed by atoms with van der Waals surface area (Å²) in [6.45, 7) is 0. The molecule has 41 heavy (non-hydrogen) atoms. The van der Waals surface area contributed by atoms with E-state index in [2.05, 4.69) is 0 Å². The van der Waals surface area contributed by atoms with Crippen LogP contribution < -0.4 is 0 Å². The SMILES string of the molecule is O=C(O)Cc1ccc(-c2cc(CC(=O)O)c(-c3ccc(-c4sc(-c5ccc(CC(=O)O)s5)cc4CC(=O)O)s3)s2)s1. The summed E-state index contributed by atoms with van der Waals surface area (Å²) in [5, 5.41) is 37.3. The Hall–Kier alpha value is -3.62. The van der Waals surface area contributed by atoms with Crippen molar-refractivity contribution >= 4 is 80.6 Å². The molecule has 0 aromatic carbocycles. The molecule has 0 unspecified atom stereocenters. The summed E-state index contributed by atoms with van der Waals surface area (Å²) in [5.74, 6) is -3.76. The largest absolute Gasteiger partial charge is 0.481 e. The molecule has 0 saturated heterocycles. The highest BCUT2D eigenvalue weighted by atomic mass is 32.1. The molecular weight excluding hydrogens is 625 g/mol. The molecule has 0 aliphatic rings. The van der Waals surface area contributed by atoms with Crippen LogP contribution in [-0.4, -0.2) is 44.3 Å². The van der Waals surface area contributed by atoms with E-state index in [1.54, 1.807) is 12.1 Å². The average molecular weight is 645 g/mol. The zero-order valence-corrected chi connectivity index (χ0v) is 25.0. The van der Waals surface area contributed by atoms with Gasteiger partial charge in [-0.3, -0.25) is 19.2 Å². The van der Waals surface area contributed by atoms with E-state index in [-0.39, 0.29) is 25.7 Å². The fourth-order valence-corrected chi connectivity index (χ4v) is 10.0. The molecular formula is C28H20O8S5. The Balaban J connectivity index is 1.51. The van der Waals surface area contributed by atoms with Gasteiger partial charge in [0.25, 0.3) is 0 Å². The van der Waals surface area contributed by atoms with Gasteiger partial charge in [0.2, 0.25) is 0 Å². The normalized spacial score (nSPS) is 11.1. The monoisotopic (exact) mass is 644 g/mol. The first-order valence-electron chi connectivity index (χ1n) is 12.0. The minimum Gasteiger partial charge on any atom is -0.481 e. The highest BCUT2D eigenvalue weighted by Gasteiger charge is 2.21. The van der Waals surface area contributed by atoms with Crippen molar-refractivity contribution in [2.24, 2.45) is 0 Å². The van der Waals surface area contributed by atoms with E-state index >= 15 is 0 Å². The Morgan fingerprint density at radius 2 is 0.805 bits per heavy atom. The van der Waals surface area contributed by atoms with Gasteiger partial charge in [-0.1, -0.05) is 0 Å². The lowest BCUT2D eigenvalue weighted by molar-refractivity contribution is -0.137. The first kappa shape index (κ1) is 28.9. The van der Waals surface area contributed by atoms with Gasteiger partial charge in [0, 0.05) is 48.8 Å². The molecule has 0 amide bonds. The zero-order valence-electron chi connectivity index (χ0n) is 20.9. The molecule has 210 valence electrons. The molecule has 5 aromatic heterocycles. The van der Waals surface area contributed by atoms with Crippen LogP contribution in [0, 0.1) is 0 Å². The first-order chi connectivity index (χ1) is 19.5. The minimum absolute atomic E-state index is 0.0764. The van der Waals surface area contributed by atoms with Gasteiger partial charge in [-0.05, 0) is 59.7 Å². The molecule has 8 nitrogen and oxygen atoms in total. The Labute approximate surface area is 253 Å². The van der Waals surface area contributed by atoms with Crippen molar-refractivity contribution in [2.75, 3.05) is 0 Å². The summed E-state index contributed by atoms with van der Waals surface area (Å²) < 4.78 is 0. The van der Waals surface area contributed by atoms with Gasteiger partial charge in [-0.25, -0.2) is 0 Å². The number of carbonyl (C=O) groups is 4. The third-order valence-corrected chi connectivity index (χ3v) is 12.2. The summed E-state index contributed by atoms with van der Waals surface area (Å²) in [7, 11) is 0. The van der Waals surface area contributed by atoms with Crippen LogP contribution in [0.4, 0.5) is 0 Å². The number of hydrogen-bond donors (Lipinski definition) is 4. The summed E-state index contributed by atoms with van der Waals surface area (Å²) in [6, 6.07) is 14.7. The third kappa shape index (κ3) is 6.82. The van der Waals surface area contributed by atoms with Gasteiger partial charge >= 0.3 is 23.9 Å². The van der Waals surface area contributed by atoms with E-state index in [1.807, 2.05) is 36.4 Å². The van der Waals surface area contributed by atoms with Gasteiger partial charge in [0.15, 0.2) is 0 Å². The molecule has 13 heteroatoms. The van der Waals surface area contributed by atoms with Gasteiger partial charge in [-0.15, -0.1) is 56.7 Å². The fraction of sp³-hybridized carbons (Fsp3) is 0.143. The zero-order chi connectivity index (χ0) is 29.3. The van der Waals surface area contributed by atoms with Crippen molar-refractivity contribution in [3.63, 3.8) is 0 Å². The molecule has 0 radical (unpaired) electrons. The van der Waals surface area contributed by atoms with Crippen molar-refractivity contribution < 1.29 is 39.6 Å². The van der Waals surface area contributed by atoms with Crippen LogP contribution >= 0.6 is 56.7 Å². The van der Waals surface area contributed by atoms with Crippen molar-refractivity contribution in [3.8, 4) is 39.0 Å². The predicted molar refractivity (Wildman–Crippen MR) is 163 cm³/mol. The van der Waals surface area contributed by atoms with E-state index < -0.39 is 23.9 Å². The number of carboxylic acid groups (broad SMARTS) is 4. The van der Waals surface area contributed by atoms with E-state index in [0.717, 1.165) is 39.0 Å². The second-order valence-corrected chi connectivity index (χ2v) is 14.4. The lowest BCUT2D eigenvalue weighted by Gasteiger charge is -1.99. The summed E-state index contributed by atoms with van der Waals surface area (Å²) in [4.78, 5) is 53.7. The van der Waals surface area contributed by atoms with Crippen LogP contribution in [0.15, 0.2) is 48.5 Å². The van der Waals surface area contributed by atoms with Gasteiger partial charge < -0.3 is 20.4 Å². The number of rotatable bonds is 12. The molecule has 0 saturated carbocycles. The van der Waals surface area contributed by atoms with Crippen LogP contribution in [0.2, 0.25) is 0 Å². The second kappa shape index (κ2) is 12.1. The Morgan fingerprint density at radius 1 is 0.439 bits per heavy atom. The summed E-state index contributed by atoms with van der Waals surface area (Å²) in [6.07, 6.45) is -0.492. The first-order valence-corrected chi connectivity index (χ1v) is 16.0. The second-order valence-electron chi connectivity index (χ2n) is 8.91. The molecule has 0 aliphatic heterocycles. The molecule has 0 fully saturated rings. The molecule has 5 rings (SSSR count). The number of thiophene rings is 5. The quantitative estimate of drug-likeness (QED) is 0.112. The standard InChI is InChI=1S/C28H20O8S5/c29-23(30)9-13-7-21(17-3-1-15(37-17)11-25(33)34)40-27(13)19-5-6-20(39-19)28-14(10-24(31)32)8-22(41-28)18-4-2-16(38-18)12-26(35)36/h1-8H,9-12H2,(H,29,30)(H,31,32)(H,33,34)(H,35,36). The number of aliphatic carboxylic acids is 4. The van der Waals surface area contributed by atoms with Crippen LogP contribution in [0.25, 0.3) is 39.0 Å². The third-order valence-electron chi connectivity index (χ3n) is 5.81. The Morgan fingerprint density at radius 3 is 1.17 bits per heavy atom. The molecule has 4 N–H and O–H groups in total. The van der Waals surface area contributed by atoms with Crippen LogP contribution in [0.3, 0.4) is 0 Å². The van der Waals surface area contributed by atoms with E-state index in [1.165, 1.54) is 56.7 Å². The maximum Gasteiger partial charge on any atom is 0.308 e. The van der Waals surface area contributed by atoms with E-state index in [0.29, 0.717) is 20.9 Å². The van der Waals surface area contributed by atoms with Crippen LogP contribution in [0.5, 0.6) is 0 Å². The smallest absolute Gasteiger partial charge is 0.308 e. The molecule has 0 bridgehead atoms. The molecule has 5 heterocycles. The maximum absolute atomic E-state index is 11.7. The summed E-state index contributed by atoms with van der Waals surface area (Å²) in [5.41, 5.74) is 1.31. The Bertz CT molecular complexity index is 1650. The van der Waals surface area contributed by atoms with E-state index in [9.17, 15) is 29.4 Å². The van der Waals surface area contributed by atoms with Gasteiger partial charge in [0.05, 0.1) is 25.7 Å². The summed E-state index contributed by atoms with van der Waals surface area (Å²) >= 11 is 7.08. The van der Waals surface area contributed by atoms with Gasteiger partial charge in [0.1, 0.15) is 0 Å². The minimum atomic E-state index is -0.963. The molecule has 0 spiro atoms. The van der Waals surface area contributed by atoms with Crippen molar-refractivity contribution in [2.45, 2.75) is 25.7 Å².